The van der Waals surface area contributed by atoms with Crippen molar-refractivity contribution in [2.45, 2.75) is 75.5 Å². The zero-order valence-electron chi connectivity index (χ0n) is 10.5. The third-order valence-electron chi connectivity index (χ3n) is 4.33. The van der Waals surface area contributed by atoms with Gasteiger partial charge >= 0.3 is 0 Å². The van der Waals surface area contributed by atoms with Gasteiger partial charge in [0.25, 0.3) is 0 Å². The van der Waals surface area contributed by atoms with Gasteiger partial charge in [0.05, 0.1) is 0 Å². The Hall–Kier alpha value is 0.310. The van der Waals surface area contributed by atoms with Crippen LogP contribution in [0.25, 0.3) is 0 Å². The fourth-order valence-corrected chi connectivity index (χ4v) is 4.61. The molecule has 0 saturated heterocycles. The van der Waals surface area contributed by atoms with Crippen LogP contribution in [0.5, 0.6) is 0 Å². The molecule has 1 atom stereocenters. The molecule has 1 unspecified atom stereocenters. The van der Waals surface area contributed by atoms with Crippen molar-refractivity contribution in [1.82, 2.24) is 0 Å². The Balaban J connectivity index is 1.63. The van der Waals surface area contributed by atoms with Crippen LogP contribution in [0.2, 0.25) is 0 Å². The van der Waals surface area contributed by atoms with Gasteiger partial charge in [0.1, 0.15) is 0 Å². The molecule has 2 rings (SSSR count). The maximum Gasteiger partial charge on any atom is 0.0159 e. The number of rotatable bonds is 4. The number of hydrogen-bond donors (Lipinski definition) is 1. The van der Waals surface area contributed by atoms with Crippen molar-refractivity contribution in [3.05, 3.63) is 0 Å². The highest BCUT2D eigenvalue weighted by Gasteiger charge is 2.22. The molecule has 0 bridgehead atoms. The van der Waals surface area contributed by atoms with E-state index < -0.39 is 0 Å². The summed E-state index contributed by atoms with van der Waals surface area (Å²) in [7, 11) is 0. The molecule has 0 aromatic rings. The Morgan fingerprint density at radius 2 is 1.44 bits per heavy atom. The summed E-state index contributed by atoms with van der Waals surface area (Å²) >= 11 is 2.17. The van der Waals surface area contributed by atoms with Crippen molar-refractivity contribution >= 4 is 11.8 Å². The standard InChI is InChI=1S/C14H27NS/c15-14(12-7-3-1-4-8-12)11-16-13-9-5-2-6-10-13/h12-14H,1-11,15H2. The van der Waals surface area contributed by atoms with Gasteiger partial charge in [-0.15, -0.1) is 0 Å². The van der Waals surface area contributed by atoms with Crippen LogP contribution >= 0.6 is 11.8 Å². The van der Waals surface area contributed by atoms with E-state index in [-0.39, 0.29) is 0 Å². The van der Waals surface area contributed by atoms with Gasteiger partial charge in [-0.05, 0) is 31.6 Å². The van der Waals surface area contributed by atoms with E-state index in [1.807, 2.05) is 0 Å². The second-order valence-corrected chi connectivity index (χ2v) is 6.99. The highest BCUT2D eigenvalue weighted by atomic mass is 32.2. The molecule has 0 heterocycles. The van der Waals surface area contributed by atoms with Crippen LogP contribution in [-0.4, -0.2) is 17.0 Å². The molecule has 2 aliphatic rings. The summed E-state index contributed by atoms with van der Waals surface area (Å²) in [5.74, 6) is 2.06. The molecule has 0 aliphatic heterocycles. The summed E-state index contributed by atoms with van der Waals surface area (Å²) in [6, 6.07) is 0.479. The highest BCUT2D eigenvalue weighted by Crippen LogP contribution is 2.31. The van der Waals surface area contributed by atoms with Crippen LogP contribution < -0.4 is 5.73 Å². The first kappa shape index (κ1) is 12.8. The molecule has 0 amide bonds. The van der Waals surface area contributed by atoms with Crippen molar-refractivity contribution in [1.29, 1.82) is 0 Å². The van der Waals surface area contributed by atoms with Gasteiger partial charge in [-0.3, -0.25) is 0 Å². The molecule has 0 aromatic carbocycles. The predicted molar refractivity (Wildman–Crippen MR) is 73.9 cm³/mol. The van der Waals surface area contributed by atoms with E-state index in [1.54, 1.807) is 0 Å². The molecule has 2 heteroatoms. The molecule has 0 aromatic heterocycles. The zero-order chi connectivity index (χ0) is 11.2. The molecule has 2 fully saturated rings. The quantitative estimate of drug-likeness (QED) is 0.806. The molecule has 2 saturated carbocycles. The van der Waals surface area contributed by atoms with E-state index in [2.05, 4.69) is 11.8 Å². The van der Waals surface area contributed by atoms with Crippen LogP contribution in [0.4, 0.5) is 0 Å². The Morgan fingerprint density at radius 1 is 0.875 bits per heavy atom. The first-order chi connectivity index (χ1) is 7.86. The first-order valence-corrected chi connectivity index (χ1v) is 8.28. The lowest BCUT2D eigenvalue weighted by molar-refractivity contribution is 0.319. The van der Waals surface area contributed by atoms with Crippen molar-refractivity contribution in [2.24, 2.45) is 11.7 Å². The third kappa shape index (κ3) is 3.96. The Bertz CT molecular complexity index is 183. The smallest absolute Gasteiger partial charge is 0.0159 e. The summed E-state index contributed by atoms with van der Waals surface area (Å²) in [4.78, 5) is 0. The third-order valence-corrected chi connectivity index (χ3v) is 5.85. The van der Waals surface area contributed by atoms with Gasteiger partial charge < -0.3 is 5.73 Å². The van der Waals surface area contributed by atoms with E-state index in [0.29, 0.717) is 6.04 Å². The fraction of sp³-hybridized carbons (Fsp3) is 1.00. The van der Waals surface area contributed by atoms with Gasteiger partial charge in [0, 0.05) is 17.0 Å². The Kier molecular flexibility index (Phi) is 5.51. The highest BCUT2D eigenvalue weighted by molar-refractivity contribution is 7.99. The normalized spacial score (nSPS) is 26.8. The van der Waals surface area contributed by atoms with Crippen molar-refractivity contribution in [2.75, 3.05) is 5.75 Å². The van der Waals surface area contributed by atoms with Crippen molar-refractivity contribution in [3.63, 3.8) is 0 Å². The number of hydrogen-bond acceptors (Lipinski definition) is 2. The zero-order valence-corrected chi connectivity index (χ0v) is 11.3. The second-order valence-electron chi connectivity index (χ2n) is 5.66. The minimum Gasteiger partial charge on any atom is -0.327 e. The average molecular weight is 241 g/mol. The largest absolute Gasteiger partial charge is 0.327 e. The molecule has 0 radical (unpaired) electrons. The number of thioether (sulfide) groups is 1. The molecule has 1 nitrogen and oxygen atoms in total. The molecule has 94 valence electrons. The molecule has 2 aliphatic carbocycles. The van der Waals surface area contributed by atoms with Crippen LogP contribution in [-0.2, 0) is 0 Å². The van der Waals surface area contributed by atoms with Crippen molar-refractivity contribution < 1.29 is 0 Å². The van der Waals surface area contributed by atoms with Crippen LogP contribution in [0.1, 0.15) is 64.2 Å². The predicted octanol–water partition coefficient (Wildman–Crippen LogP) is 3.96. The average Bonchev–Trinajstić information content (AvgIpc) is 2.38. The van der Waals surface area contributed by atoms with E-state index in [9.17, 15) is 0 Å². The lowest BCUT2D eigenvalue weighted by atomic mass is 9.85. The lowest BCUT2D eigenvalue weighted by Crippen LogP contribution is -2.34. The topological polar surface area (TPSA) is 26.0 Å². The summed E-state index contributed by atoms with van der Waals surface area (Å²) in [5.41, 5.74) is 6.34. The maximum absolute atomic E-state index is 6.34. The Labute approximate surface area is 105 Å². The van der Waals surface area contributed by atoms with E-state index >= 15 is 0 Å². The first-order valence-electron chi connectivity index (χ1n) is 7.23. The van der Waals surface area contributed by atoms with Gasteiger partial charge in [-0.1, -0.05) is 38.5 Å². The minimum absolute atomic E-state index is 0.479. The van der Waals surface area contributed by atoms with Gasteiger partial charge in [-0.25, -0.2) is 0 Å². The molecule has 16 heavy (non-hydrogen) atoms. The van der Waals surface area contributed by atoms with Gasteiger partial charge in [-0.2, -0.15) is 11.8 Å². The van der Waals surface area contributed by atoms with Crippen LogP contribution in [0.15, 0.2) is 0 Å². The van der Waals surface area contributed by atoms with Gasteiger partial charge in [0.2, 0.25) is 0 Å². The molecular weight excluding hydrogens is 214 g/mol. The SMILES string of the molecule is NC(CSC1CCCCC1)C1CCCCC1. The molecule has 0 spiro atoms. The van der Waals surface area contributed by atoms with Crippen LogP contribution in [0.3, 0.4) is 0 Å². The van der Waals surface area contributed by atoms with E-state index in [0.717, 1.165) is 11.2 Å². The van der Waals surface area contributed by atoms with E-state index in [1.165, 1.54) is 70.0 Å². The molecular formula is C14H27NS. The second kappa shape index (κ2) is 6.90. The summed E-state index contributed by atoms with van der Waals surface area (Å²) < 4.78 is 0. The fourth-order valence-electron chi connectivity index (χ4n) is 3.18. The summed E-state index contributed by atoms with van der Waals surface area (Å²) in [6.45, 7) is 0. The lowest BCUT2D eigenvalue weighted by Gasteiger charge is -2.29. The minimum atomic E-state index is 0.479. The molecule has 2 N–H and O–H groups in total. The Morgan fingerprint density at radius 3 is 2.06 bits per heavy atom. The summed E-state index contributed by atoms with van der Waals surface area (Å²) in [5, 5.41) is 0.934. The monoisotopic (exact) mass is 241 g/mol. The van der Waals surface area contributed by atoms with Crippen LogP contribution in [0, 0.1) is 5.92 Å². The van der Waals surface area contributed by atoms with E-state index in [4.69, 9.17) is 5.73 Å². The summed E-state index contributed by atoms with van der Waals surface area (Å²) in [6.07, 6.45) is 14.3. The number of nitrogens with two attached hydrogens (primary N) is 1. The maximum atomic E-state index is 6.34. The van der Waals surface area contributed by atoms with Gasteiger partial charge in [0.15, 0.2) is 0 Å². The van der Waals surface area contributed by atoms with Crippen molar-refractivity contribution in [3.8, 4) is 0 Å².